The van der Waals surface area contributed by atoms with Gasteiger partial charge < -0.3 is 5.32 Å². The molecule has 1 saturated carbocycles. The van der Waals surface area contributed by atoms with Gasteiger partial charge in [-0.1, -0.05) is 59.7 Å². The van der Waals surface area contributed by atoms with Crippen molar-refractivity contribution >= 4 is 5.91 Å². The van der Waals surface area contributed by atoms with Crippen LogP contribution in [0.2, 0.25) is 0 Å². The van der Waals surface area contributed by atoms with Gasteiger partial charge in [0.15, 0.2) is 0 Å². The lowest BCUT2D eigenvalue weighted by Gasteiger charge is -2.20. The number of hydrogen-bond donors (Lipinski definition) is 1. The Hall–Kier alpha value is -2.09. The van der Waals surface area contributed by atoms with Gasteiger partial charge in [0.05, 0.1) is 5.92 Å². The van der Waals surface area contributed by atoms with Gasteiger partial charge in [-0.15, -0.1) is 0 Å². The standard InChI is InChI=1S/C21H25NO/c1-14(2)22-20(23)19-13-21(19,17-9-5-15(3)6-10-17)18-11-7-16(4)8-12-18/h5-12,14,19H,13H2,1-4H3,(H,22,23)/t19-/m0/s1. The molecule has 3 rings (SSSR count). The van der Waals surface area contributed by atoms with Gasteiger partial charge >= 0.3 is 0 Å². The summed E-state index contributed by atoms with van der Waals surface area (Å²) in [6, 6.07) is 17.5. The van der Waals surface area contributed by atoms with Crippen LogP contribution in [0.1, 0.15) is 42.5 Å². The molecule has 1 aliphatic rings. The Morgan fingerprint density at radius 2 is 1.39 bits per heavy atom. The van der Waals surface area contributed by atoms with Gasteiger partial charge in [0, 0.05) is 11.5 Å². The largest absolute Gasteiger partial charge is 0.354 e. The maximum absolute atomic E-state index is 12.6. The lowest BCUT2D eigenvalue weighted by Crippen LogP contribution is -2.34. The van der Waals surface area contributed by atoms with Crippen molar-refractivity contribution in [1.82, 2.24) is 5.32 Å². The highest BCUT2D eigenvalue weighted by Crippen LogP contribution is 2.59. The van der Waals surface area contributed by atoms with E-state index in [9.17, 15) is 4.79 Å². The van der Waals surface area contributed by atoms with E-state index in [1.807, 2.05) is 13.8 Å². The molecule has 120 valence electrons. The third kappa shape index (κ3) is 2.90. The Bertz CT molecular complexity index is 652. The van der Waals surface area contributed by atoms with Gasteiger partial charge in [-0.25, -0.2) is 0 Å². The molecule has 0 unspecified atom stereocenters. The van der Waals surface area contributed by atoms with E-state index in [0.29, 0.717) is 0 Å². The van der Waals surface area contributed by atoms with Crippen LogP contribution in [0.4, 0.5) is 0 Å². The van der Waals surface area contributed by atoms with Crippen molar-refractivity contribution in [2.45, 2.75) is 45.6 Å². The van der Waals surface area contributed by atoms with Gasteiger partial charge in [-0.05, 0) is 45.2 Å². The number of nitrogens with one attached hydrogen (secondary N) is 1. The molecule has 1 fully saturated rings. The number of carbonyl (C=O) groups excluding carboxylic acids is 1. The smallest absolute Gasteiger partial charge is 0.224 e. The summed E-state index contributed by atoms with van der Waals surface area (Å²) in [6.45, 7) is 8.22. The second kappa shape index (κ2) is 5.84. The summed E-state index contributed by atoms with van der Waals surface area (Å²) in [7, 11) is 0. The fraction of sp³-hybridized carbons (Fsp3) is 0.381. The zero-order valence-electron chi connectivity index (χ0n) is 14.4. The summed E-state index contributed by atoms with van der Waals surface area (Å²) in [6.07, 6.45) is 0.887. The Balaban J connectivity index is 2.00. The van der Waals surface area contributed by atoms with Crippen LogP contribution in [-0.2, 0) is 10.2 Å². The van der Waals surface area contributed by atoms with E-state index in [0.717, 1.165) is 6.42 Å². The molecule has 1 amide bonds. The highest BCUT2D eigenvalue weighted by Gasteiger charge is 2.60. The molecular weight excluding hydrogens is 282 g/mol. The van der Waals surface area contributed by atoms with Crippen LogP contribution in [0.3, 0.4) is 0 Å². The molecule has 0 aromatic heterocycles. The van der Waals surface area contributed by atoms with E-state index in [4.69, 9.17) is 0 Å². The van der Waals surface area contributed by atoms with Crippen LogP contribution in [0.5, 0.6) is 0 Å². The van der Waals surface area contributed by atoms with Crippen molar-refractivity contribution in [3.63, 3.8) is 0 Å². The minimum atomic E-state index is -0.166. The van der Waals surface area contributed by atoms with E-state index >= 15 is 0 Å². The number of hydrogen-bond acceptors (Lipinski definition) is 1. The van der Waals surface area contributed by atoms with Crippen molar-refractivity contribution in [2.24, 2.45) is 5.92 Å². The first-order chi connectivity index (χ1) is 10.9. The van der Waals surface area contributed by atoms with Crippen LogP contribution in [0.25, 0.3) is 0 Å². The molecule has 2 aromatic rings. The molecule has 0 aliphatic heterocycles. The van der Waals surface area contributed by atoms with Crippen molar-refractivity contribution in [1.29, 1.82) is 0 Å². The maximum atomic E-state index is 12.6. The Kier molecular flexibility index (Phi) is 4.01. The fourth-order valence-corrected chi connectivity index (χ4v) is 3.47. The van der Waals surface area contributed by atoms with Gasteiger partial charge in [-0.2, -0.15) is 0 Å². The van der Waals surface area contributed by atoms with Gasteiger partial charge in [0.1, 0.15) is 0 Å². The van der Waals surface area contributed by atoms with Crippen LogP contribution in [0, 0.1) is 19.8 Å². The molecular formula is C21H25NO. The molecule has 1 N–H and O–H groups in total. The van der Waals surface area contributed by atoms with Crippen LogP contribution in [-0.4, -0.2) is 11.9 Å². The summed E-state index contributed by atoms with van der Waals surface area (Å²) >= 11 is 0. The van der Waals surface area contributed by atoms with E-state index < -0.39 is 0 Å². The van der Waals surface area contributed by atoms with E-state index in [-0.39, 0.29) is 23.3 Å². The van der Waals surface area contributed by atoms with Crippen molar-refractivity contribution in [3.8, 4) is 0 Å². The molecule has 0 spiro atoms. The van der Waals surface area contributed by atoms with E-state index in [1.165, 1.54) is 22.3 Å². The topological polar surface area (TPSA) is 29.1 Å². The first kappa shape index (κ1) is 15.8. The number of rotatable bonds is 4. The highest BCUT2D eigenvalue weighted by atomic mass is 16.2. The lowest BCUT2D eigenvalue weighted by molar-refractivity contribution is -0.123. The molecule has 23 heavy (non-hydrogen) atoms. The Labute approximate surface area is 138 Å². The summed E-state index contributed by atoms with van der Waals surface area (Å²) in [5.74, 6) is 0.191. The van der Waals surface area contributed by atoms with Gasteiger partial charge in [0.25, 0.3) is 0 Å². The third-order valence-electron chi connectivity index (χ3n) is 4.84. The molecule has 0 bridgehead atoms. The summed E-state index contributed by atoms with van der Waals surface area (Å²) in [5, 5.41) is 3.08. The predicted octanol–water partition coefficient (Wildman–Crippen LogP) is 4.13. The van der Waals surface area contributed by atoms with E-state index in [2.05, 4.69) is 67.7 Å². The summed E-state index contributed by atoms with van der Waals surface area (Å²) < 4.78 is 0. The molecule has 0 radical (unpaired) electrons. The predicted molar refractivity (Wildman–Crippen MR) is 94.5 cm³/mol. The second-order valence-corrected chi connectivity index (χ2v) is 7.12. The zero-order valence-corrected chi connectivity index (χ0v) is 14.4. The van der Waals surface area contributed by atoms with Crippen LogP contribution >= 0.6 is 0 Å². The number of benzene rings is 2. The van der Waals surface area contributed by atoms with Gasteiger partial charge in [-0.3, -0.25) is 4.79 Å². The normalized spacial score (nSPS) is 18.7. The molecule has 2 aromatic carbocycles. The average molecular weight is 307 g/mol. The lowest BCUT2D eigenvalue weighted by atomic mass is 9.85. The summed E-state index contributed by atoms with van der Waals surface area (Å²) in [4.78, 5) is 12.6. The van der Waals surface area contributed by atoms with Crippen molar-refractivity contribution in [2.75, 3.05) is 0 Å². The second-order valence-electron chi connectivity index (χ2n) is 7.12. The minimum absolute atomic E-state index is 0.0234. The number of aryl methyl sites for hydroxylation is 2. The van der Waals surface area contributed by atoms with Crippen molar-refractivity contribution < 1.29 is 4.79 Å². The fourth-order valence-electron chi connectivity index (χ4n) is 3.47. The molecule has 0 saturated heterocycles. The van der Waals surface area contributed by atoms with Crippen LogP contribution in [0.15, 0.2) is 48.5 Å². The Morgan fingerprint density at radius 3 is 1.78 bits per heavy atom. The third-order valence-corrected chi connectivity index (χ3v) is 4.84. The molecule has 2 nitrogen and oxygen atoms in total. The minimum Gasteiger partial charge on any atom is -0.354 e. The monoisotopic (exact) mass is 307 g/mol. The number of amides is 1. The molecule has 1 aliphatic carbocycles. The molecule has 1 atom stereocenters. The van der Waals surface area contributed by atoms with Gasteiger partial charge in [0.2, 0.25) is 5.91 Å². The molecule has 0 heterocycles. The number of carbonyl (C=O) groups is 1. The maximum Gasteiger partial charge on any atom is 0.224 e. The van der Waals surface area contributed by atoms with E-state index in [1.54, 1.807) is 0 Å². The molecule has 2 heteroatoms. The highest BCUT2D eigenvalue weighted by molar-refractivity contribution is 5.86. The Morgan fingerprint density at radius 1 is 0.957 bits per heavy atom. The van der Waals surface area contributed by atoms with Crippen molar-refractivity contribution in [3.05, 3.63) is 70.8 Å². The summed E-state index contributed by atoms with van der Waals surface area (Å²) in [5.41, 5.74) is 4.82. The average Bonchev–Trinajstić information content (AvgIpc) is 3.25. The SMILES string of the molecule is Cc1ccc(C2(c3ccc(C)cc3)C[C@H]2C(=O)NC(C)C)cc1. The quantitative estimate of drug-likeness (QED) is 0.904. The van der Waals surface area contributed by atoms with Crippen LogP contribution < -0.4 is 5.32 Å². The first-order valence-electron chi connectivity index (χ1n) is 8.38. The first-order valence-corrected chi connectivity index (χ1v) is 8.38. The zero-order chi connectivity index (χ0) is 16.6.